The van der Waals surface area contributed by atoms with Gasteiger partial charge in [-0.3, -0.25) is 4.18 Å². The van der Waals surface area contributed by atoms with Crippen LogP contribution < -0.4 is 5.32 Å². The highest BCUT2D eigenvalue weighted by molar-refractivity contribution is 7.86. The number of carbonyl (C=O) groups is 1. The number of rotatable bonds is 4. The lowest BCUT2D eigenvalue weighted by atomic mass is 9.86. The van der Waals surface area contributed by atoms with Gasteiger partial charge in [0.15, 0.2) is 0 Å². The molecule has 0 radical (unpaired) electrons. The van der Waals surface area contributed by atoms with Gasteiger partial charge in [-0.15, -0.1) is 0 Å². The first kappa shape index (κ1) is 20.6. The summed E-state index contributed by atoms with van der Waals surface area (Å²) in [6.45, 7) is -0.109. The summed E-state index contributed by atoms with van der Waals surface area (Å²) in [5.41, 5.74) is 0.705. The van der Waals surface area contributed by atoms with Gasteiger partial charge in [0.1, 0.15) is 6.61 Å². The first-order valence-electron chi connectivity index (χ1n) is 8.37. The molecule has 0 unspecified atom stereocenters. The molecule has 1 aliphatic rings. The lowest BCUT2D eigenvalue weighted by Gasteiger charge is -2.33. The molecule has 1 aromatic rings. The van der Waals surface area contributed by atoms with Crippen molar-refractivity contribution in [2.24, 2.45) is 5.92 Å². The molecule has 0 bridgehead atoms. The van der Waals surface area contributed by atoms with E-state index in [0.29, 0.717) is 10.7 Å². The molecule has 8 heteroatoms. The first-order valence-corrected chi connectivity index (χ1v) is 10.6. The van der Waals surface area contributed by atoms with Crippen LogP contribution in [0.3, 0.4) is 0 Å². The van der Waals surface area contributed by atoms with E-state index in [0.717, 1.165) is 31.9 Å². The number of amides is 2. The molecule has 142 valence electrons. The van der Waals surface area contributed by atoms with Crippen molar-refractivity contribution in [3.05, 3.63) is 29.3 Å². The minimum atomic E-state index is -3.45. The zero-order valence-corrected chi connectivity index (χ0v) is 16.4. The molecule has 0 heterocycles. The van der Waals surface area contributed by atoms with E-state index in [9.17, 15) is 13.2 Å². The van der Waals surface area contributed by atoms with E-state index < -0.39 is 10.1 Å². The van der Waals surface area contributed by atoms with Crippen LogP contribution in [0.5, 0.6) is 0 Å². The molecule has 0 saturated heterocycles. The summed E-state index contributed by atoms with van der Waals surface area (Å²) in [4.78, 5) is 14.1. The van der Waals surface area contributed by atoms with Crippen LogP contribution in [0, 0.1) is 17.8 Å². The second-order valence-corrected chi connectivity index (χ2v) is 8.42. The van der Waals surface area contributed by atoms with Crippen LogP contribution in [0.1, 0.15) is 25.7 Å². The number of carbonyl (C=O) groups excluding carboxylic acids is 1. The summed E-state index contributed by atoms with van der Waals surface area (Å²) in [5.74, 6) is 6.03. The number of benzene rings is 1. The summed E-state index contributed by atoms with van der Waals surface area (Å²) in [5, 5.41) is 3.48. The number of halogens is 1. The topological polar surface area (TPSA) is 75.7 Å². The predicted octanol–water partition coefficient (Wildman–Crippen LogP) is 3.34. The zero-order valence-electron chi connectivity index (χ0n) is 14.9. The third-order valence-electron chi connectivity index (χ3n) is 4.31. The molecule has 1 aromatic carbocycles. The van der Waals surface area contributed by atoms with Crippen LogP contribution in [0.2, 0.25) is 5.02 Å². The van der Waals surface area contributed by atoms with E-state index in [1.54, 1.807) is 36.2 Å². The van der Waals surface area contributed by atoms with Crippen molar-refractivity contribution >= 4 is 33.4 Å². The van der Waals surface area contributed by atoms with Gasteiger partial charge in [-0.2, -0.15) is 8.42 Å². The third kappa shape index (κ3) is 6.87. The van der Waals surface area contributed by atoms with Crippen molar-refractivity contribution in [1.82, 2.24) is 4.90 Å². The summed E-state index contributed by atoms with van der Waals surface area (Å²) < 4.78 is 26.3. The smallest absolute Gasteiger partial charge is 0.321 e. The molecule has 1 aliphatic carbocycles. The second kappa shape index (κ2) is 9.26. The molecule has 2 amide bonds. The highest BCUT2D eigenvalue weighted by atomic mass is 35.5. The monoisotopic (exact) mass is 398 g/mol. The Kier molecular flexibility index (Phi) is 7.33. The SMILES string of the molecule is CN(C(=O)Nc1ccc(Cl)cc1)C1CCC(C#CCOS(C)(=O)=O)CC1. The van der Waals surface area contributed by atoms with Gasteiger partial charge in [-0.05, 0) is 49.9 Å². The van der Waals surface area contributed by atoms with Crippen molar-refractivity contribution in [1.29, 1.82) is 0 Å². The minimum absolute atomic E-state index is 0.109. The number of anilines is 1. The minimum Gasteiger partial charge on any atom is -0.325 e. The average Bonchev–Trinajstić information content (AvgIpc) is 2.60. The van der Waals surface area contributed by atoms with E-state index in [4.69, 9.17) is 11.6 Å². The number of urea groups is 1. The predicted molar refractivity (Wildman–Crippen MR) is 103 cm³/mol. The normalized spacial score (nSPS) is 20.0. The average molecular weight is 399 g/mol. The fraction of sp³-hybridized carbons (Fsp3) is 0.500. The van der Waals surface area contributed by atoms with Crippen LogP contribution in [-0.2, 0) is 14.3 Å². The molecule has 1 N–H and O–H groups in total. The van der Waals surface area contributed by atoms with Gasteiger partial charge < -0.3 is 10.2 Å². The van der Waals surface area contributed by atoms with E-state index in [-0.39, 0.29) is 24.6 Å². The first-order chi connectivity index (χ1) is 12.2. The second-order valence-electron chi connectivity index (χ2n) is 6.34. The summed E-state index contributed by atoms with van der Waals surface area (Å²) >= 11 is 5.84. The number of nitrogens with zero attached hydrogens (tertiary/aromatic N) is 1. The van der Waals surface area contributed by atoms with Gasteiger partial charge in [0, 0.05) is 29.7 Å². The molecule has 26 heavy (non-hydrogen) atoms. The highest BCUT2D eigenvalue weighted by Crippen LogP contribution is 2.27. The van der Waals surface area contributed by atoms with E-state index >= 15 is 0 Å². The van der Waals surface area contributed by atoms with Crippen LogP contribution in [0.15, 0.2) is 24.3 Å². The summed E-state index contributed by atoms with van der Waals surface area (Å²) in [7, 11) is -1.65. The van der Waals surface area contributed by atoms with E-state index in [1.165, 1.54) is 0 Å². The molecule has 2 rings (SSSR count). The maximum absolute atomic E-state index is 12.4. The Labute approximate surface area is 160 Å². The molecular weight excluding hydrogens is 376 g/mol. The molecule has 1 fully saturated rings. The van der Waals surface area contributed by atoms with Crippen LogP contribution in [-0.4, -0.2) is 45.3 Å². The Balaban J connectivity index is 1.78. The summed E-state index contributed by atoms with van der Waals surface area (Å²) in [6, 6.07) is 7.00. The van der Waals surface area contributed by atoms with Crippen molar-refractivity contribution < 1.29 is 17.4 Å². The fourth-order valence-corrected chi connectivity index (χ4v) is 3.24. The Morgan fingerprint density at radius 1 is 1.27 bits per heavy atom. The van der Waals surface area contributed by atoms with Gasteiger partial charge in [0.05, 0.1) is 6.26 Å². The molecule has 0 aliphatic heterocycles. The van der Waals surface area contributed by atoms with Crippen LogP contribution in [0.25, 0.3) is 0 Å². The van der Waals surface area contributed by atoms with E-state index in [2.05, 4.69) is 21.3 Å². The Morgan fingerprint density at radius 2 is 1.88 bits per heavy atom. The number of hydrogen-bond acceptors (Lipinski definition) is 4. The molecule has 1 saturated carbocycles. The Hall–Kier alpha value is -1.75. The fourth-order valence-electron chi connectivity index (χ4n) is 2.84. The molecule has 0 aromatic heterocycles. The third-order valence-corrected chi connectivity index (χ3v) is 5.11. The molecule has 0 atom stereocenters. The van der Waals surface area contributed by atoms with Gasteiger partial charge in [-0.25, -0.2) is 4.79 Å². The maximum Gasteiger partial charge on any atom is 0.321 e. The van der Waals surface area contributed by atoms with Crippen molar-refractivity contribution in [3.63, 3.8) is 0 Å². The highest BCUT2D eigenvalue weighted by Gasteiger charge is 2.25. The summed E-state index contributed by atoms with van der Waals surface area (Å²) in [6.07, 6.45) is 4.46. The lowest BCUT2D eigenvalue weighted by Crippen LogP contribution is -2.41. The van der Waals surface area contributed by atoms with Crippen molar-refractivity contribution in [3.8, 4) is 11.8 Å². The van der Waals surface area contributed by atoms with Crippen molar-refractivity contribution in [2.75, 3.05) is 25.2 Å². The number of hydrogen-bond donors (Lipinski definition) is 1. The van der Waals surface area contributed by atoms with Crippen molar-refractivity contribution in [2.45, 2.75) is 31.7 Å². The molecule has 0 spiro atoms. The van der Waals surface area contributed by atoms with E-state index in [1.807, 2.05) is 0 Å². The number of nitrogens with one attached hydrogen (secondary N) is 1. The zero-order chi connectivity index (χ0) is 19.2. The van der Waals surface area contributed by atoms with Gasteiger partial charge in [-0.1, -0.05) is 23.4 Å². The molecular formula is C18H23ClN2O4S. The van der Waals surface area contributed by atoms with Gasteiger partial charge in [0.2, 0.25) is 0 Å². The van der Waals surface area contributed by atoms with Crippen LogP contribution >= 0.6 is 11.6 Å². The quantitative estimate of drug-likeness (QED) is 0.623. The maximum atomic E-state index is 12.4. The molecule has 6 nitrogen and oxygen atoms in total. The Morgan fingerprint density at radius 3 is 2.46 bits per heavy atom. The van der Waals surface area contributed by atoms with Gasteiger partial charge >= 0.3 is 6.03 Å². The largest absolute Gasteiger partial charge is 0.325 e. The van der Waals surface area contributed by atoms with Gasteiger partial charge in [0.25, 0.3) is 10.1 Å². The Bertz CT molecular complexity index is 776. The standard InChI is InChI=1S/C18H23ClN2O4S/c1-21(18(22)20-16-9-7-15(19)8-10-16)17-11-5-14(6-12-17)4-3-13-25-26(2,23)24/h7-10,14,17H,5-6,11-13H2,1-2H3,(H,20,22). The lowest BCUT2D eigenvalue weighted by molar-refractivity contribution is 0.179. The van der Waals surface area contributed by atoms with Crippen LogP contribution in [0.4, 0.5) is 10.5 Å².